The average Bonchev–Trinajstić information content (AvgIpc) is 3.19. The predicted octanol–water partition coefficient (Wildman–Crippen LogP) is 1.34. The van der Waals surface area contributed by atoms with Crippen LogP contribution < -0.4 is 10.1 Å². The summed E-state index contributed by atoms with van der Waals surface area (Å²) in [5.41, 5.74) is 1.62. The van der Waals surface area contributed by atoms with Gasteiger partial charge in [0.2, 0.25) is 11.8 Å². The monoisotopic (exact) mass is 499 g/mol. The highest BCUT2D eigenvalue weighted by Gasteiger charge is 2.36. The van der Waals surface area contributed by atoms with E-state index in [9.17, 15) is 23.2 Å². The zero-order valence-electron chi connectivity index (χ0n) is 20.3. The second-order valence-corrected chi connectivity index (χ2v) is 8.91. The lowest BCUT2D eigenvalue weighted by molar-refractivity contribution is -0.131. The number of ether oxygens (including phenoxy) is 2. The molecule has 0 aliphatic carbocycles. The van der Waals surface area contributed by atoms with Crippen LogP contribution in [0, 0.1) is 11.6 Å². The first-order valence-corrected chi connectivity index (χ1v) is 11.9. The average molecular weight is 499 g/mol. The van der Waals surface area contributed by atoms with Crippen molar-refractivity contribution in [2.75, 3.05) is 26.3 Å². The van der Waals surface area contributed by atoms with Crippen molar-refractivity contribution < 1.29 is 32.6 Å². The molecule has 8 nitrogen and oxygen atoms in total. The lowest BCUT2D eigenvalue weighted by Crippen LogP contribution is -2.49. The lowest BCUT2D eigenvalue weighted by Gasteiger charge is -2.26. The number of carbonyl (C=O) groups is 3. The van der Waals surface area contributed by atoms with Gasteiger partial charge in [0.15, 0.2) is 0 Å². The molecule has 190 valence electrons. The SMILES string of the molecule is BC(C(=O)NC(=O)CC)N1Cc2c(OCc3ccc(CN4CCOCC4)cc3F)cc(F)cc2C1=O. The van der Waals surface area contributed by atoms with Gasteiger partial charge >= 0.3 is 0 Å². The Morgan fingerprint density at radius 3 is 2.64 bits per heavy atom. The van der Waals surface area contributed by atoms with Crippen LogP contribution >= 0.6 is 0 Å². The number of nitrogens with zero attached hydrogens (tertiary/aromatic N) is 2. The van der Waals surface area contributed by atoms with Crippen LogP contribution in [0.25, 0.3) is 0 Å². The molecule has 11 heteroatoms. The Morgan fingerprint density at radius 1 is 1.19 bits per heavy atom. The molecule has 0 bridgehead atoms. The third kappa shape index (κ3) is 5.74. The summed E-state index contributed by atoms with van der Waals surface area (Å²) >= 11 is 0. The van der Waals surface area contributed by atoms with E-state index in [1.807, 2.05) is 6.07 Å². The molecule has 2 aromatic carbocycles. The third-order valence-electron chi connectivity index (χ3n) is 6.43. The van der Waals surface area contributed by atoms with Crippen molar-refractivity contribution in [3.8, 4) is 5.75 Å². The first-order valence-electron chi connectivity index (χ1n) is 11.9. The van der Waals surface area contributed by atoms with Gasteiger partial charge in [-0.1, -0.05) is 19.1 Å². The fraction of sp³-hybridized carbons (Fsp3) is 0.400. The highest BCUT2D eigenvalue weighted by Crippen LogP contribution is 2.33. The topological polar surface area (TPSA) is 88.2 Å². The molecule has 2 aliphatic rings. The second-order valence-electron chi connectivity index (χ2n) is 8.91. The van der Waals surface area contributed by atoms with Crippen LogP contribution in [0.2, 0.25) is 0 Å². The molecule has 0 aromatic heterocycles. The molecule has 0 radical (unpaired) electrons. The zero-order valence-corrected chi connectivity index (χ0v) is 20.3. The van der Waals surface area contributed by atoms with E-state index in [-0.39, 0.29) is 30.9 Å². The van der Waals surface area contributed by atoms with Gasteiger partial charge in [-0.3, -0.25) is 24.6 Å². The fourth-order valence-electron chi connectivity index (χ4n) is 4.26. The number of hydrogen-bond acceptors (Lipinski definition) is 6. The molecule has 1 fully saturated rings. The smallest absolute Gasteiger partial charge is 0.254 e. The quantitative estimate of drug-likeness (QED) is 0.552. The van der Waals surface area contributed by atoms with Crippen LogP contribution in [0.5, 0.6) is 5.75 Å². The Labute approximate surface area is 208 Å². The number of carbonyl (C=O) groups excluding carboxylic acids is 3. The highest BCUT2D eigenvalue weighted by atomic mass is 19.1. The van der Waals surface area contributed by atoms with Crippen LogP contribution in [0.15, 0.2) is 30.3 Å². The number of halogens is 2. The van der Waals surface area contributed by atoms with Crippen molar-refractivity contribution in [3.05, 3.63) is 64.2 Å². The van der Waals surface area contributed by atoms with Gasteiger partial charge in [-0.05, 0) is 17.7 Å². The van der Waals surface area contributed by atoms with Gasteiger partial charge in [0.1, 0.15) is 31.8 Å². The molecule has 2 heterocycles. The predicted molar refractivity (Wildman–Crippen MR) is 129 cm³/mol. The molecule has 0 saturated carbocycles. The normalized spacial score (nSPS) is 16.5. The van der Waals surface area contributed by atoms with E-state index >= 15 is 0 Å². The molecular weight excluding hydrogens is 471 g/mol. The molecule has 1 unspecified atom stereocenters. The molecule has 1 N–H and O–H groups in total. The van der Waals surface area contributed by atoms with E-state index in [0.29, 0.717) is 30.9 Å². The van der Waals surface area contributed by atoms with Crippen LogP contribution in [-0.2, 0) is 34.0 Å². The van der Waals surface area contributed by atoms with Crippen molar-refractivity contribution in [1.82, 2.24) is 15.1 Å². The summed E-state index contributed by atoms with van der Waals surface area (Å²) in [6, 6.07) is 7.17. The van der Waals surface area contributed by atoms with Crippen LogP contribution in [0.4, 0.5) is 8.78 Å². The summed E-state index contributed by atoms with van der Waals surface area (Å²) in [6.45, 7) is 4.97. The van der Waals surface area contributed by atoms with Gasteiger partial charge in [-0.2, -0.15) is 0 Å². The van der Waals surface area contributed by atoms with E-state index in [2.05, 4.69) is 10.2 Å². The van der Waals surface area contributed by atoms with Crippen molar-refractivity contribution in [2.45, 2.75) is 39.0 Å². The summed E-state index contributed by atoms with van der Waals surface area (Å²) < 4.78 is 40.2. The Hall–Kier alpha value is -3.31. The Kier molecular flexibility index (Phi) is 8.00. The van der Waals surface area contributed by atoms with Crippen LogP contribution in [0.1, 0.15) is 40.4 Å². The van der Waals surface area contributed by atoms with Crippen LogP contribution in [-0.4, -0.2) is 67.6 Å². The Bertz CT molecular complexity index is 1170. The Morgan fingerprint density at radius 2 is 1.94 bits per heavy atom. The number of morpholine rings is 1. The summed E-state index contributed by atoms with van der Waals surface area (Å²) in [4.78, 5) is 40.3. The van der Waals surface area contributed by atoms with Gasteiger partial charge < -0.3 is 14.4 Å². The van der Waals surface area contributed by atoms with Crippen LogP contribution in [0.3, 0.4) is 0 Å². The number of nitrogens with one attached hydrogen (secondary N) is 1. The first-order chi connectivity index (χ1) is 17.3. The highest BCUT2D eigenvalue weighted by molar-refractivity contribution is 6.27. The van der Waals surface area contributed by atoms with Gasteiger partial charge in [-0.25, -0.2) is 8.78 Å². The molecule has 1 atom stereocenters. The van der Waals surface area contributed by atoms with Gasteiger partial charge in [0, 0.05) is 43.2 Å². The summed E-state index contributed by atoms with van der Waals surface area (Å²) in [5.74, 6) is -3.58. The van der Waals surface area contributed by atoms with E-state index < -0.39 is 35.3 Å². The Balaban J connectivity index is 1.45. The molecule has 2 aliphatic heterocycles. The molecule has 1 saturated heterocycles. The maximum absolute atomic E-state index is 14.8. The zero-order chi connectivity index (χ0) is 25.8. The minimum Gasteiger partial charge on any atom is -0.488 e. The third-order valence-corrected chi connectivity index (χ3v) is 6.43. The molecule has 0 spiro atoms. The number of rotatable bonds is 8. The van der Waals surface area contributed by atoms with Crippen molar-refractivity contribution in [3.63, 3.8) is 0 Å². The fourth-order valence-corrected chi connectivity index (χ4v) is 4.26. The minimum absolute atomic E-state index is 0.000346. The number of fused-ring (bicyclic) bond motifs is 1. The summed E-state index contributed by atoms with van der Waals surface area (Å²) in [6.07, 6.45) is 0.126. The number of imide groups is 1. The molecular formula is C25H28BF2N3O5. The molecule has 3 amide bonds. The number of hydrogen-bond donors (Lipinski definition) is 1. The second kappa shape index (κ2) is 11.2. The van der Waals surface area contributed by atoms with Crippen molar-refractivity contribution in [2.24, 2.45) is 0 Å². The molecule has 2 aromatic rings. The maximum atomic E-state index is 14.8. The maximum Gasteiger partial charge on any atom is 0.254 e. The van der Waals surface area contributed by atoms with E-state index in [4.69, 9.17) is 9.47 Å². The van der Waals surface area contributed by atoms with E-state index in [1.165, 1.54) is 18.8 Å². The largest absolute Gasteiger partial charge is 0.488 e. The molecule has 4 rings (SSSR count). The first kappa shape index (κ1) is 25.8. The minimum atomic E-state index is -0.951. The van der Waals surface area contributed by atoms with Crippen molar-refractivity contribution >= 4 is 25.6 Å². The van der Waals surface area contributed by atoms with Gasteiger partial charge in [0.25, 0.3) is 5.91 Å². The van der Waals surface area contributed by atoms with Gasteiger partial charge in [-0.15, -0.1) is 0 Å². The number of amides is 3. The lowest BCUT2D eigenvalue weighted by atomic mass is 9.93. The summed E-state index contributed by atoms with van der Waals surface area (Å²) in [7, 11) is 1.49. The molecule has 36 heavy (non-hydrogen) atoms. The summed E-state index contributed by atoms with van der Waals surface area (Å²) in [5, 5.41) is 2.23. The van der Waals surface area contributed by atoms with Gasteiger partial charge in [0.05, 0.1) is 31.3 Å². The van der Waals surface area contributed by atoms with E-state index in [1.54, 1.807) is 13.0 Å². The van der Waals surface area contributed by atoms with E-state index in [0.717, 1.165) is 30.8 Å². The number of benzene rings is 2. The standard InChI is InChI=1S/C25H28BF2N3O5/c1-2-22(32)29-24(33)23(26)31-13-19-18(25(31)34)10-17(27)11-21(19)36-14-16-4-3-15(9-20(16)28)12-30-5-7-35-8-6-30/h3-4,9-11,23H,2,5-8,12-14,26H2,1H3,(H,29,32,33). The van der Waals surface area contributed by atoms with Crippen molar-refractivity contribution in [1.29, 1.82) is 0 Å².